The highest BCUT2D eigenvalue weighted by Crippen LogP contribution is 2.17. The zero-order chi connectivity index (χ0) is 17.9. The molecule has 0 aromatic heterocycles. The predicted molar refractivity (Wildman–Crippen MR) is 107 cm³/mol. The van der Waals surface area contributed by atoms with Gasteiger partial charge in [0, 0.05) is 12.2 Å². The number of carbonyl (C=O) groups is 1. The summed E-state index contributed by atoms with van der Waals surface area (Å²) in [4.78, 5) is 12.1. The van der Waals surface area contributed by atoms with Crippen LogP contribution in [-0.2, 0) is 17.0 Å². The molecule has 1 aliphatic heterocycles. The van der Waals surface area contributed by atoms with Crippen molar-refractivity contribution in [1.82, 2.24) is 5.32 Å². The Morgan fingerprint density at radius 2 is 1.88 bits per heavy atom. The largest absolute Gasteiger partial charge is 0.391 e. The number of hydrogen-bond donors (Lipinski definition) is 2. The molecule has 4 heteroatoms. The maximum absolute atomic E-state index is 12.1. The van der Waals surface area contributed by atoms with Crippen molar-refractivity contribution in [3.05, 3.63) is 35.4 Å². The fourth-order valence-corrected chi connectivity index (χ4v) is 4.22. The zero-order valence-electron chi connectivity index (χ0n) is 15.5. The minimum absolute atomic E-state index is 0.132. The smallest absolute Gasteiger partial charge is 0.152 e. The Morgan fingerprint density at radius 3 is 2.56 bits per heavy atom. The summed E-state index contributed by atoms with van der Waals surface area (Å²) in [6.45, 7) is 2.99. The topological polar surface area (TPSA) is 49.3 Å². The molecule has 0 saturated carbocycles. The van der Waals surface area contributed by atoms with E-state index in [1.165, 1.54) is 49.0 Å². The van der Waals surface area contributed by atoms with Crippen molar-refractivity contribution in [3.63, 3.8) is 0 Å². The number of aliphatic hydroxyl groups is 1. The number of ketones is 1. The number of aliphatic hydroxyl groups excluding tert-OH is 1. The predicted octanol–water partition coefficient (Wildman–Crippen LogP) is 4.11. The third-order valence-corrected chi connectivity index (χ3v) is 5.99. The van der Waals surface area contributed by atoms with Crippen molar-refractivity contribution >= 4 is 17.5 Å². The van der Waals surface area contributed by atoms with Crippen molar-refractivity contribution in [3.8, 4) is 0 Å². The molecule has 1 saturated heterocycles. The van der Waals surface area contributed by atoms with Gasteiger partial charge in [-0.05, 0) is 42.7 Å². The van der Waals surface area contributed by atoms with Crippen molar-refractivity contribution < 1.29 is 9.90 Å². The highest BCUT2D eigenvalue weighted by molar-refractivity contribution is 7.98. The van der Waals surface area contributed by atoms with Crippen LogP contribution in [0.3, 0.4) is 0 Å². The molecule has 140 valence electrons. The Hall–Kier alpha value is -0.840. The minimum atomic E-state index is -0.506. The molecule has 25 heavy (non-hydrogen) atoms. The van der Waals surface area contributed by atoms with Gasteiger partial charge in [-0.3, -0.25) is 4.79 Å². The van der Waals surface area contributed by atoms with Crippen LogP contribution in [0.1, 0.15) is 63.0 Å². The normalized spacial score (nSPS) is 20.1. The van der Waals surface area contributed by atoms with E-state index < -0.39 is 6.10 Å². The van der Waals surface area contributed by atoms with Crippen LogP contribution in [0.4, 0.5) is 0 Å². The first-order valence-corrected chi connectivity index (χ1v) is 11.0. The van der Waals surface area contributed by atoms with Crippen LogP contribution in [0.5, 0.6) is 0 Å². The Balaban J connectivity index is 1.61. The number of hydrogen-bond acceptors (Lipinski definition) is 4. The van der Waals surface area contributed by atoms with E-state index in [1.807, 2.05) is 11.8 Å². The Labute approximate surface area is 157 Å². The first-order valence-electron chi connectivity index (χ1n) is 9.80. The number of benzene rings is 1. The van der Waals surface area contributed by atoms with Gasteiger partial charge in [0.15, 0.2) is 5.78 Å². The summed E-state index contributed by atoms with van der Waals surface area (Å²) >= 11 is 2.02. The summed E-state index contributed by atoms with van der Waals surface area (Å²) in [5.41, 5.74) is 2.57. The van der Waals surface area contributed by atoms with Crippen molar-refractivity contribution in [1.29, 1.82) is 0 Å². The van der Waals surface area contributed by atoms with Crippen molar-refractivity contribution in [2.75, 3.05) is 12.3 Å². The van der Waals surface area contributed by atoms with Crippen LogP contribution >= 0.6 is 11.8 Å². The van der Waals surface area contributed by atoms with Crippen LogP contribution in [0.2, 0.25) is 0 Å². The molecule has 1 aliphatic rings. The van der Waals surface area contributed by atoms with Crippen molar-refractivity contribution in [2.45, 2.75) is 76.2 Å². The summed E-state index contributed by atoms with van der Waals surface area (Å²) in [5, 5.41) is 12.9. The Kier molecular flexibility index (Phi) is 9.59. The molecule has 1 heterocycles. The second-order valence-electron chi connectivity index (χ2n) is 7.04. The molecular weight excluding hydrogens is 330 g/mol. The van der Waals surface area contributed by atoms with Gasteiger partial charge >= 0.3 is 0 Å². The van der Waals surface area contributed by atoms with E-state index >= 15 is 0 Å². The summed E-state index contributed by atoms with van der Waals surface area (Å²) in [5.74, 6) is 2.45. The fraction of sp³-hybridized carbons (Fsp3) is 0.667. The molecule has 0 radical (unpaired) electrons. The highest BCUT2D eigenvalue weighted by atomic mass is 32.2. The van der Waals surface area contributed by atoms with Gasteiger partial charge in [0.1, 0.15) is 0 Å². The molecule has 0 spiro atoms. The van der Waals surface area contributed by atoms with Gasteiger partial charge in [-0.1, -0.05) is 56.9 Å². The Bertz CT molecular complexity index is 503. The van der Waals surface area contributed by atoms with Gasteiger partial charge in [-0.2, -0.15) is 11.8 Å². The standard InChI is InChI=1S/C21H33NO2S/c1-2-3-4-5-6-15-25-16-18-9-7-17(8-10-18)11-12-19(23)21-20(24)13-14-22-21/h7-10,20-22,24H,2-6,11-16H2,1H3/t20-,21+/m0/s1. The molecule has 1 aromatic carbocycles. The van der Waals surface area contributed by atoms with Gasteiger partial charge in [-0.25, -0.2) is 0 Å². The Morgan fingerprint density at radius 1 is 1.16 bits per heavy atom. The minimum Gasteiger partial charge on any atom is -0.391 e. The van der Waals surface area contributed by atoms with E-state index in [-0.39, 0.29) is 11.8 Å². The van der Waals surface area contributed by atoms with Gasteiger partial charge in [0.05, 0.1) is 12.1 Å². The third-order valence-electron chi connectivity index (χ3n) is 4.88. The SMILES string of the molecule is CCCCCCCSCc1ccc(CCC(=O)[C@H]2NCC[C@@H]2O)cc1. The number of unbranched alkanes of at least 4 members (excludes halogenated alkanes) is 4. The number of thioether (sulfide) groups is 1. The first-order chi connectivity index (χ1) is 12.2. The summed E-state index contributed by atoms with van der Waals surface area (Å²) in [6.07, 6.45) is 8.17. The maximum Gasteiger partial charge on any atom is 0.152 e. The molecular formula is C21H33NO2S. The number of Topliss-reactive ketones (excluding diaryl/α,β-unsaturated/α-hetero) is 1. The van der Waals surface area contributed by atoms with Gasteiger partial charge in [0.25, 0.3) is 0 Å². The van der Waals surface area contributed by atoms with Crippen LogP contribution in [-0.4, -0.2) is 35.3 Å². The zero-order valence-corrected chi connectivity index (χ0v) is 16.3. The lowest BCUT2D eigenvalue weighted by Crippen LogP contribution is -2.38. The van der Waals surface area contributed by atoms with E-state index in [0.29, 0.717) is 12.8 Å². The molecule has 3 nitrogen and oxygen atoms in total. The molecule has 0 aliphatic carbocycles. The van der Waals surface area contributed by atoms with E-state index in [0.717, 1.165) is 18.7 Å². The number of carbonyl (C=O) groups excluding carboxylic acids is 1. The second kappa shape index (κ2) is 11.7. The van der Waals surface area contributed by atoms with E-state index in [9.17, 15) is 9.90 Å². The fourth-order valence-electron chi connectivity index (χ4n) is 3.24. The van der Waals surface area contributed by atoms with Crippen LogP contribution in [0, 0.1) is 0 Å². The summed E-state index contributed by atoms with van der Waals surface area (Å²) in [7, 11) is 0. The number of rotatable bonds is 12. The monoisotopic (exact) mass is 363 g/mol. The molecule has 0 amide bonds. The lowest BCUT2D eigenvalue weighted by atomic mass is 10.0. The summed E-state index contributed by atoms with van der Waals surface area (Å²) in [6, 6.07) is 8.30. The molecule has 2 rings (SSSR count). The third kappa shape index (κ3) is 7.51. The van der Waals surface area contributed by atoms with Crippen LogP contribution in [0.25, 0.3) is 0 Å². The molecule has 2 N–H and O–H groups in total. The quantitative estimate of drug-likeness (QED) is 0.549. The van der Waals surface area contributed by atoms with Gasteiger partial charge in [0.2, 0.25) is 0 Å². The lowest BCUT2D eigenvalue weighted by Gasteiger charge is -2.13. The van der Waals surface area contributed by atoms with E-state index in [2.05, 4.69) is 36.5 Å². The van der Waals surface area contributed by atoms with Crippen molar-refractivity contribution in [2.24, 2.45) is 0 Å². The molecule has 1 fully saturated rings. The van der Waals surface area contributed by atoms with E-state index in [1.54, 1.807) is 0 Å². The summed E-state index contributed by atoms with van der Waals surface area (Å²) < 4.78 is 0. The molecule has 0 unspecified atom stereocenters. The highest BCUT2D eigenvalue weighted by Gasteiger charge is 2.30. The molecule has 2 atom stereocenters. The number of aryl methyl sites for hydroxylation is 1. The molecule has 0 bridgehead atoms. The number of nitrogens with one attached hydrogen (secondary N) is 1. The van der Waals surface area contributed by atoms with Crippen LogP contribution < -0.4 is 5.32 Å². The van der Waals surface area contributed by atoms with Gasteiger partial charge < -0.3 is 10.4 Å². The van der Waals surface area contributed by atoms with Crippen LogP contribution in [0.15, 0.2) is 24.3 Å². The van der Waals surface area contributed by atoms with E-state index in [4.69, 9.17) is 0 Å². The second-order valence-corrected chi connectivity index (χ2v) is 8.14. The molecule has 1 aromatic rings. The van der Waals surface area contributed by atoms with Gasteiger partial charge in [-0.15, -0.1) is 0 Å². The average Bonchev–Trinajstić information content (AvgIpc) is 3.06. The first kappa shape index (κ1) is 20.5. The maximum atomic E-state index is 12.1. The average molecular weight is 364 g/mol. The lowest BCUT2D eigenvalue weighted by molar-refractivity contribution is -0.122.